The van der Waals surface area contributed by atoms with Gasteiger partial charge in [0.1, 0.15) is 19.4 Å². The van der Waals surface area contributed by atoms with Crippen LogP contribution in [-0.4, -0.2) is 36.0 Å². The molecule has 3 N–H and O–H groups in total. The van der Waals surface area contributed by atoms with E-state index in [2.05, 4.69) is 15.1 Å². The number of nitrogens with zero attached hydrogens (tertiary/aromatic N) is 4. The summed E-state index contributed by atoms with van der Waals surface area (Å²) in [7, 11) is -1.76. The summed E-state index contributed by atoms with van der Waals surface area (Å²) >= 11 is 0. The van der Waals surface area contributed by atoms with Crippen molar-refractivity contribution in [2.45, 2.75) is 18.0 Å². The highest BCUT2D eigenvalue weighted by Gasteiger charge is 2.14. The van der Waals surface area contributed by atoms with Gasteiger partial charge in [0, 0.05) is 30.9 Å². The minimum Gasteiger partial charge on any atom is -0.507 e. The van der Waals surface area contributed by atoms with Gasteiger partial charge in [-0.2, -0.15) is 14.9 Å². The number of phenols is 1. The first-order chi connectivity index (χ1) is 18.3. The monoisotopic (exact) mass is 522 g/mol. The van der Waals surface area contributed by atoms with Crippen molar-refractivity contribution in [1.82, 2.24) is 19.3 Å². The Bertz CT molecular complexity index is 1760. The minimum atomic E-state index is -3.69. The zero-order chi connectivity index (χ0) is 26.7. The van der Waals surface area contributed by atoms with Crippen LogP contribution in [0.3, 0.4) is 0 Å². The van der Waals surface area contributed by atoms with E-state index >= 15 is 0 Å². The highest BCUT2D eigenvalue weighted by molar-refractivity contribution is 7.89. The van der Waals surface area contributed by atoms with Gasteiger partial charge in [-0.1, -0.05) is 36.4 Å². The van der Waals surface area contributed by atoms with Crippen LogP contribution >= 0.6 is 0 Å². The molecule has 0 aliphatic heterocycles. The van der Waals surface area contributed by atoms with Crippen LogP contribution in [0.4, 0.5) is 5.82 Å². The van der Waals surface area contributed by atoms with Crippen LogP contribution in [0.1, 0.15) is 16.7 Å². The number of phenolic OH excluding ortho intramolecular Hbond substituents is 1. The molecule has 2 heterocycles. The second-order valence-corrected chi connectivity index (χ2v) is 10.5. The van der Waals surface area contributed by atoms with Crippen LogP contribution in [0.25, 0.3) is 16.9 Å². The van der Waals surface area contributed by atoms with Crippen molar-refractivity contribution in [3.8, 4) is 23.1 Å². The molecular formula is C27H23BN6O3S. The molecule has 2 aromatic heterocycles. The Labute approximate surface area is 220 Å². The summed E-state index contributed by atoms with van der Waals surface area (Å²) in [5, 5.41) is 27.0. The number of nitriles is 1. The van der Waals surface area contributed by atoms with Crippen molar-refractivity contribution in [3.63, 3.8) is 0 Å². The fraction of sp³-hybridized carbons (Fsp3) is 0.0741. The highest BCUT2D eigenvalue weighted by Crippen LogP contribution is 2.29. The topological polar surface area (TPSA) is 132 Å². The van der Waals surface area contributed by atoms with E-state index < -0.39 is 10.0 Å². The third-order valence-corrected chi connectivity index (χ3v) is 7.50. The molecule has 0 bridgehead atoms. The first kappa shape index (κ1) is 25.0. The zero-order valence-electron chi connectivity index (χ0n) is 20.5. The van der Waals surface area contributed by atoms with Crippen molar-refractivity contribution in [2.75, 3.05) is 5.32 Å². The summed E-state index contributed by atoms with van der Waals surface area (Å²) in [5.41, 5.74) is 5.07. The molecule has 5 rings (SSSR count). The summed E-state index contributed by atoms with van der Waals surface area (Å²) < 4.78 is 29.4. The van der Waals surface area contributed by atoms with Gasteiger partial charge in [-0.05, 0) is 53.0 Å². The molecule has 38 heavy (non-hydrogen) atoms. The number of aromatic nitrogens is 3. The molecule has 0 spiro atoms. The van der Waals surface area contributed by atoms with Crippen LogP contribution in [0.5, 0.6) is 5.75 Å². The van der Waals surface area contributed by atoms with Gasteiger partial charge in [-0.25, -0.2) is 18.1 Å². The van der Waals surface area contributed by atoms with E-state index in [1.54, 1.807) is 22.8 Å². The highest BCUT2D eigenvalue weighted by atomic mass is 32.2. The number of nitrogens with one attached hydrogen (secondary N) is 2. The zero-order valence-corrected chi connectivity index (χ0v) is 21.3. The van der Waals surface area contributed by atoms with E-state index in [0.717, 1.165) is 22.4 Å². The summed E-state index contributed by atoms with van der Waals surface area (Å²) in [4.78, 5) is 4.80. The third kappa shape index (κ3) is 5.22. The van der Waals surface area contributed by atoms with Crippen molar-refractivity contribution in [1.29, 1.82) is 5.26 Å². The summed E-state index contributed by atoms with van der Waals surface area (Å²) in [6.07, 6.45) is 1.75. The van der Waals surface area contributed by atoms with Crippen LogP contribution in [-0.2, 0) is 23.1 Å². The molecule has 0 unspecified atom stereocenters. The van der Waals surface area contributed by atoms with E-state index in [-0.39, 0.29) is 17.2 Å². The number of rotatable bonds is 8. The maximum atomic E-state index is 12.6. The Morgan fingerprint density at radius 1 is 0.974 bits per heavy atom. The maximum Gasteiger partial charge on any atom is 0.240 e. The van der Waals surface area contributed by atoms with Crippen molar-refractivity contribution in [2.24, 2.45) is 0 Å². The lowest BCUT2D eigenvalue weighted by Crippen LogP contribution is -2.23. The summed E-state index contributed by atoms with van der Waals surface area (Å²) in [6.45, 7) is 0.632. The summed E-state index contributed by atoms with van der Waals surface area (Å²) in [6, 6.07) is 24.2. The number of hydrogen-bond donors (Lipinski definition) is 3. The number of benzene rings is 3. The van der Waals surface area contributed by atoms with E-state index in [4.69, 9.17) is 10.2 Å². The molecule has 0 amide bonds. The van der Waals surface area contributed by atoms with E-state index in [0.29, 0.717) is 29.0 Å². The van der Waals surface area contributed by atoms with Crippen molar-refractivity contribution in [3.05, 3.63) is 102 Å². The molecule has 0 radical (unpaired) electrons. The smallest absolute Gasteiger partial charge is 0.240 e. The van der Waals surface area contributed by atoms with Crippen LogP contribution in [0, 0.1) is 11.3 Å². The maximum absolute atomic E-state index is 12.6. The molecule has 9 nitrogen and oxygen atoms in total. The number of hydrogen-bond acceptors (Lipinski definition) is 7. The molecular weight excluding hydrogens is 499 g/mol. The number of anilines is 1. The van der Waals surface area contributed by atoms with Gasteiger partial charge in [0.2, 0.25) is 10.0 Å². The van der Waals surface area contributed by atoms with Gasteiger partial charge < -0.3 is 10.4 Å². The molecule has 5 aromatic rings. The van der Waals surface area contributed by atoms with Crippen molar-refractivity contribution >= 4 is 34.8 Å². The van der Waals surface area contributed by atoms with Gasteiger partial charge in [-0.3, -0.25) is 0 Å². The number of para-hydroxylation sites is 1. The number of sulfonamides is 1. The van der Waals surface area contributed by atoms with Gasteiger partial charge in [-0.15, -0.1) is 0 Å². The minimum absolute atomic E-state index is 0.109. The average molecular weight is 522 g/mol. The molecule has 0 saturated heterocycles. The molecule has 0 fully saturated rings. The predicted molar refractivity (Wildman–Crippen MR) is 147 cm³/mol. The Morgan fingerprint density at radius 2 is 1.66 bits per heavy atom. The predicted octanol–water partition coefficient (Wildman–Crippen LogP) is 2.32. The van der Waals surface area contributed by atoms with E-state index in [9.17, 15) is 13.5 Å². The largest absolute Gasteiger partial charge is 0.507 e. The first-order valence-electron chi connectivity index (χ1n) is 11.8. The average Bonchev–Trinajstić information content (AvgIpc) is 3.32. The normalized spacial score (nSPS) is 11.3. The molecule has 188 valence electrons. The molecule has 0 atom stereocenters. The SMILES string of the molecule is Bc1cnn2c(NCc3ccc(CNS(=O)(=O)c4ccc(C#N)cc4)cc3)cc(-c3ccccc3O)nc12. The molecule has 0 aliphatic rings. The Morgan fingerprint density at radius 3 is 2.34 bits per heavy atom. The quantitative estimate of drug-likeness (QED) is 0.267. The van der Waals surface area contributed by atoms with Gasteiger partial charge in [0.05, 0.1) is 22.2 Å². The molecule has 3 aromatic carbocycles. The lowest BCUT2D eigenvalue weighted by molar-refractivity contribution is 0.477. The van der Waals surface area contributed by atoms with Crippen LogP contribution in [0.2, 0.25) is 0 Å². The van der Waals surface area contributed by atoms with Gasteiger partial charge >= 0.3 is 0 Å². The Hall–Kier alpha value is -4.66. The Balaban J connectivity index is 1.29. The number of aromatic hydroxyl groups is 1. The van der Waals surface area contributed by atoms with Gasteiger partial charge in [0.15, 0.2) is 5.65 Å². The van der Waals surface area contributed by atoms with Crippen LogP contribution < -0.4 is 15.5 Å². The van der Waals surface area contributed by atoms with Gasteiger partial charge in [0.25, 0.3) is 0 Å². The van der Waals surface area contributed by atoms with E-state index in [1.165, 1.54) is 24.3 Å². The van der Waals surface area contributed by atoms with E-state index in [1.807, 2.05) is 56.4 Å². The lowest BCUT2D eigenvalue weighted by atomic mass is 10.0. The standard InChI is InChI=1S/C27H23BN6O3S/c28-23-17-31-34-26(13-24(33-27(23)34)22-3-1-2-4-25(22)35)30-15-19-5-7-20(8-6-19)16-32-38(36,37)21-11-9-18(14-29)10-12-21/h1-13,17,30,32,35H,15-16,28H2. The second kappa shape index (κ2) is 10.4. The molecule has 0 saturated carbocycles. The Kier molecular flexibility index (Phi) is 6.83. The van der Waals surface area contributed by atoms with Crippen molar-refractivity contribution < 1.29 is 13.5 Å². The molecule has 0 aliphatic carbocycles. The number of fused-ring (bicyclic) bond motifs is 1. The second-order valence-electron chi connectivity index (χ2n) is 8.74. The molecule has 11 heteroatoms. The first-order valence-corrected chi connectivity index (χ1v) is 13.3. The summed E-state index contributed by atoms with van der Waals surface area (Å²) in [5.74, 6) is 0.874. The lowest BCUT2D eigenvalue weighted by Gasteiger charge is -2.12. The third-order valence-electron chi connectivity index (χ3n) is 6.08. The fourth-order valence-corrected chi connectivity index (χ4v) is 4.98. The van der Waals surface area contributed by atoms with Crippen LogP contribution in [0.15, 0.2) is 90.0 Å². The fourth-order valence-electron chi connectivity index (χ4n) is 3.96.